The maximum Gasteiger partial charge on any atom is 0.194 e. The Kier molecular flexibility index (Phi) is 6.98. The molecule has 0 atom stereocenters. The number of rotatable bonds is 4. The summed E-state index contributed by atoms with van der Waals surface area (Å²) in [4.78, 5) is 6.63. The normalized spacial score (nSPS) is 13.7. The number of nitrogens with one attached hydrogen (secondary N) is 1. The van der Waals surface area contributed by atoms with Gasteiger partial charge in [-0.05, 0) is 41.8 Å². The van der Waals surface area contributed by atoms with Gasteiger partial charge in [0.2, 0.25) is 0 Å². The van der Waals surface area contributed by atoms with E-state index in [9.17, 15) is 0 Å². The lowest BCUT2D eigenvalue weighted by molar-refractivity contribution is 0.345. The third-order valence-corrected chi connectivity index (χ3v) is 4.23. The van der Waals surface area contributed by atoms with E-state index in [1.807, 2.05) is 12.1 Å². The van der Waals surface area contributed by atoms with E-state index in [0.29, 0.717) is 6.54 Å². The number of hydrogen-bond acceptors (Lipinski definition) is 4. The topological polar surface area (TPSA) is 59.2 Å². The first kappa shape index (κ1) is 19.4. The van der Waals surface area contributed by atoms with Gasteiger partial charge >= 0.3 is 0 Å². The molecule has 1 aromatic carbocycles. The molecule has 0 bridgehead atoms. The van der Waals surface area contributed by atoms with Crippen LogP contribution in [0.2, 0.25) is 0 Å². The number of methoxy groups -OCH3 is 2. The fraction of sp³-hybridized carbons (Fsp3) is 0.389. The minimum atomic E-state index is 0. The van der Waals surface area contributed by atoms with Crippen molar-refractivity contribution in [2.75, 3.05) is 27.8 Å². The Bertz CT molecular complexity index is 717. The average Bonchev–Trinajstić information content (AvgIpc) is 3.14. The minimum absolute atomic E-state index is 0. The smallest absolute Gasteiger partial charge is 0.194 e. The number of halogens is 1. The first-order chi connectivity index (χ1) is 11.7. The molecule has 136 valence electrons. The van der Waals surface area contributed by atoms with Gasteiger partial charge in [-0.1, -0.05) is 0 Å². The van der Waals surface area contributed by atoms with E-state index in [1.54, 1.807) is 27.5 Å². The van der Waals surface area contributed by atoms with Crippen LogP contribution >= 0.6 is 24.0 Å². The van der Waals surface area contributed by atoms with E-state index < -0.39 is 0 Å². The van der Waals surface area contributed by atoms with Crippen LogP contribution in [-0.2, 0) is 19.5 Å². The molecular formula is C18H24IN3O3. The fourth-order valence-electron chi connectivity index (χ4n) is 2.98. The van der Waals surface area contributed by atoms with Crippen molar-refractivity contribution in [3.05, 3.63) is 47.4 Å². The molecule has 25 heavy (non-hydrogen) atoms. The number of nitrogens with zero attached hydrogens (tertiary/aromatic N) is 2. The van der Waals surface area contributed by atoms with Crippen molar-refractivity contribution in [2.45, 2.75) is 19.5 Å². The molecular weight excluding hydrogens is 433 g/mol. The first-order valence-electron chi connectivity index (χ1n) is 7.97. The Labute approximate surface area is 165 Å². The average molecular weight is 457 g/mol. The highest BCUT2D eigenvalue weighted by molar-refractivity contribution is 14.0. The maximum absolute atomic E-state index is 5.42. The second-order valence-corrected chi connectivity index (χ2v) is 5.63. The lowest BCUT2D eigenvalue weighted by Crippen LogP contribution is -2.43. The summed E-state index contributed by atoms with van der Waals surface area (Å²) in [6.07, 6.45) is 2.62. The molecule has 0 saturated heterocycles. The number of benzene rings is 1. The molecule has 0 saturated carbocycles. The van der Waals surface area contributed by atoms with Crippen molar-refractivity contribution in [2.24, 2.45) is 4.99 Å². The molecule has 1 aromatic heterocycles. The van der Waals surface area contributed by atoms with E-state index >= 15 is 0 Å². The maximum atomic E-state index is 5.42. The Hall–Kier alpha value is -1.90. The molecule has 3 rings (SSSR count). The van der Waals surface area contributed by atoms with E-state index in [-0.39, 0.29) is 24.0 Å². The zero-order chi connectivity index (χ0) is 16.9. The standard InChI is InChI=1S/C18H23N3O3.HI/c1-19-18(20-11-15-5-4-8-24-15)21-7-6-13-9-16(22-2)17(23-3)10-14(13)12-21;/h4-5,8-10H,6-7,11-12H2,1-3H3,(H,19,20);1H. The zero-order valence-electron chi connectivity index (χ0n) is 14.7. The van der Waals surface area contributed by atoms with Crippen LogP contribution < -0.4 is 14.8 Å². The van der Waals surface area contributed by atoms with Crippen molar-refractivity contribution in [1.29, 1.82) is 0 Å². The van der Waals surface area contributed by atoms with Crippen LogP contribution in [0.3, 0.4) is 0 Å². The van der Waals surface area contributed by atoms with Gasteiger partial charge in [0.1, 0.15) is 5.76 Å². The van der Waals surface area contributed by atoms with Crippen LogP contribution in [0.1, 0.15) is 16.9 Å². The summed E-state index contributed by atoms with van der Waals surface area (Å²) in [5.41, 5.74) is 2.53. The molecule has 6 nitrogen and oxygen atoms in total. The van der Waals surface area contributed by atoms with Crippen LogP contribution in [0.4, 0.5) is 0 Å². The molecule has 0 spiro atoms. The van der Waals surface area contributed by atoms with Crippen molar-refractivity contribution in [3.8, 4) is 11.5 Å². The second kappa shape index (κ2) is 8.98. The van der Waals surface area contributed by atoms with Crippen molar-refractivity contribution in [1.82, 2.24) is 10.2 Å². The molecule has 2 aromatic rings. The summed E-state index contributed by atoms with van der Waals surface area (Å²) in [6.45, 7) is 2.31. The highest BCUT2D eigenvalue weighted by Crippen LogP contribution is 2.33. The van der Waals surface area contributed by atoms with Gasteiger partial charge in [0.05, 0.1) is 27.0 Å². The summed E-state index contributed by atoms with van der Waals surface area (Å²) in [5, 5.41) is 3.35. The van der Waals surface area contributed by atoms with Crippen LogP contribution in [0.15, 0.2) is 39.9 Å². The summed E-state index contributed by atoms with van der Waals surface area (Å²) >= 11 is 0. The predicted molar refractivity (Wildman–Crippen MR) is 108 cm³/mol. The number of furan rings is 1. The summed E-state index contributed by atoms with van der Waals surface area (Å²) in [5.74, 6) is 3.30. The molecule has 1 N–H and O–H groups in total. The Morgan fingerprint density at radius 2 is 1.96 bits per heavy atom. The van der Waals surface area contributed by atoms with Gasteiger partial charge < -0.3 is 24.1 Å². The SMILES string of the molecule is CN=C(NCc1ccco1)N1CCc2cc(OC)c(OC)cc2C1.I. The quantitative estimate of drug-likeness (QED) is 0.435. The van der Waals surface area contributed by atoms with Crippen LogP contribution in [0, 0.1) is 0 Å². The predicted octanol–water partition coefficient (Wildman–Crippen LogP) is 3.05. The van der Waals surface area contributed by atoms with Gasteiger partial charge in [-0.3, -0.25) is 4.99 Å². The molecule has 0 unspecified atom stereocenters. The Balaban J connectivity index is 0.00000225. The first-order valence-corrected chi connectivity index (χ1v) is 7.97. The van der Waals surface area contributed by atoms with E-state index in [1.165, 1.54) is 11.1 Å². The largest absolute Gasteiger partial charge is 0.493 e. The molecule has 1 aliphatic rings. The van der Waals surface area contributed by atoms with Crippen molar-refractivity contribution in [3.63, 3.8) is 0 Å². The van der Waals surface area contributed by atoms with Gasteiger partial charge in [-0.25, -0.2) is 0 Å². The highest BCUT2D eigenvalue weighted by atomic mass is 127. The molecule has 2 heterocycles. The van der Waals surface area contributed by atoms with Gasteiger partial charge in [-0.2, -0.15) is 0 Å². The molecule has 0 amide bonds. The molecule has 0 radical (unpaired) electrons. The molecule has 0 aliphatic carbocycles. The molecule has 1 aliphatic heterocycles. The van der Waals surface area contributed by atoms with Crippen LogP contribution in [-0.4, -0.2) is 38.7 Å². The lowest BCUT2D eigenvalue weighted by atomic mass is 9.99. The molecule has 0 fully saturated rings. The minimum Gasteiger partial charge on any atom is -0.493 e. The number of fused-ring (bicyclic) bond motifs is 1. The van der Waals surface area contributed by atoms with Gasteiger partial charge in [0.25, 0.3) is 0 Å². The summed E-state index contributed by atoms with van der Waals surface area (Å²) < 4.78 is 16.2. The Morgan fingerprint density at radius 3 is 2.56 bits per heavy atom. The number of guanidine groups is 1. The number of aliphatic imine (C=N–C) groups is 1. The summed E-state index contributed by atoms with van der Waals surface area (Å²) in [6, 6.07) is 7.96. The second-order valence-electron chi connectivity index (χ2n) is 5.63. The lowest BCUT2D eigenvalue weighted by Gasteiger charge is -2.32. The van der Waals surface area contributed by atoms with Gasteiger partial charge in [-0.15, -0.1) is 24.0 Å². The van der Waals surface area contributed by atoms with E-state index in [2.05, 4.69) is 27.3 Å². The third kappa shape index (κ3) is 4.39. The van der Waals surface area contributed by atoms with E-state index in [0.717, 1.165) is 42.7 Å². The van der Waals surface area contributed by atoms with Gasteiger partial charge in [0.15, 0.2) is 17.5 Å². The zero-order valence-corrected chi connectivity index (χ0v) is 17.1. The monoisotopic (exact) mass is 457 g/mol. The fourth-order valence-corrected chi connectivity index (χ4v) is 2.98. The number of ether oxygens (including phenoxy) is 2. The third-order valence-electron chi connectivity index (χ3n) is 4.23. The summed E-state index contributed by atoms with van der Waals surface area (Å²) in [7, 11) is 5.13. The van der Waals surface area contributed by atoms with Gasteiger partial charge in [0, 0.05) is 20.1 Å². The number of hydrogen-bond donors (Lipinski definition) is 1. The van der Waals surface area contributed by atoms with E-state index in [4.69, 9.17) is 13.9 Å². The highest BCUT2D eigenvalue weighted by Gasteiger charge is 2.21. The molecule has 7 heteroatoms. The van der Waals surface area contributed by atoms with Crippen LogP contribution in [0.25, 0.3) is 0 Å². The Morgan fingerprint density at radius 1 is 1.24 bits per heavy atom. The van der Waals surface area contributed by atoms with Crippen molar-refractivity contribution < 1.29 is 13.9 Å². The van der Waals surface area contributed by atoms with Crippen LogP contribution in [0.5, 0.6) is 11.5 Å². The van der Waals surface area contributed by atoms with Crippen molar-refractivity contribution >= 4 is 29.9 Å².